The molecule has 3 aromatic rings. The van der Waals surface area contributed by atoms with E-state index in [9.17, 15) is 9.18 Å². The molecule has 5 rings (SSSR count). The molecule has 3 unspecified atom stereocenters. The second kappa shape index (κ2) is 7.11. The predicted molar refractivity (Wildman–Crippen MR) is 111 cm³/mol. The molecule has 8 nitrogen and oxygen atoms in total. The van der Waals surface area contributed by atoms with Gasteiger partial charge in [0.05, 0.1) is 12.4 Å². The number of hydrogen-bond donors (Lipinski definition) is 1. The SMILES string of the molecule is Cc1nnc(C23CC(C)CC(C2)N3C(=O)Nc2ccc(C)c(-c3ncc(F)cn3)c2)o1. The maximum Gasteiger partial charge on any atom is 0.323 e. The fourth-order valence-corrected chi connectivity index (χ4v) is 5.01. The van der Waals surface area contributed by atoms with Crippen molar-refractivity contribution < 1.29 is 13.6 Å². The summed E-state index contributed by atoms with van der Waals surface area (Å²) in [4.78, 5) is 23.3. The van der Waals surface area contributed by atoms with Gasteiger partial charge in [-0.2, -0.15) is 0 Å². The lowest BCUT2D eigenvalue weighted by Gasteiger charge is -2.61. The highest BCUT2D eigenvalue weighted by molar-refractivity contribution is 5.91. The number of urea groups is 1. The van der Waals surface area contributed by atoms with Gasteiger partial charge in [0.25, 0.3) is 0 Å². The molecule has 9 heteroatoms. The van der Waals surface area contributed by atoms with E-state index in [1.165, 1.54) is 0 Å². The van der Waals surface area contributed by atoms with Crippen LogP contribution in [0.5, 0.6) is 0 Å². The van der Waals surface area contributed by atoms with E-state index in [4.69, 9.17) is 4.42 Å². The van der Waals surface area contributed by atoms with Crippen molar-refractivity contribution in [3.8, 4) is 11.4 Å². The Kier molecular flexibility index (Phi) is 4.49. The molecule has 2 fully saturated rings. The Morgan fingerprint density at radius 3 is 2.71 bits per heavy atom. The topological polar surface area (TPSA) is 97.0 Å². The fraction of sp³-hybridized carbons (Fsp3) is 0.409. The molecule has 1 N–H and O–H groups in total. The number of rotatable bonds is 3. The fourth-order valence-electron chi connectivity index (χ4n) is 5.01. The molecule has 2 bridgehead atoms. The highest BCUT2D eigenvalue weighted by atomic mass is 19.1. The van der Waals surface area contributed by atoms with Crippen LogP contribution in [0.3, 0.4) is 0 Å². The third-order valence-corrected chi connectivity index (χ3v) is 6.25. The van der Waals surface area contributed by atoms with Crippen molar-refractivity contribution in [2.75, 3.05) is 5.32 Å². The normalized spacial score (nSPS) is 24.6. The van der Waals surface area contributed by atoms with Crippen molar-refractivity contribution in [1.82, 2.24) is 25.1 Å². The number of halogens is 1. The zero-order valence-electron chi connectivity index (χ0n) is 17.6. The average molecular weight is 422 g/mol. The molecule has 3 atom stereocenters. The molecule has 2 aliphatic rings. The Balaban J connectivity index is 1.42. The molecule has 1 saturated heterocycles. The van der Waals surface area contributed by atoms with E-state index in [1.54, 1.807) is 6.92 Å². The van der Waals surface area contributed by atoms with Gasteiger partial charge in [-0.05, 0) is 43.4 Å². The van der Waals surface area contributed by atoms with Gasteiger partial charge in [0.2, 0.25) is 11.8 Å². The smallest absolute Gasteiger partial charge is 0.323 e. The van der Waals surface area contributed by atoms with Crippen LogP contribution in [-0.2, 0) is 5.54 Å². The summed E-state index contributed by atoms with van der Waals surface area (Å²) in [7, 11) is 0. The van der Waals surface area contributed by atoms with E-state index < -0.39 is 11.4 Å². The van der Waals surface area contributed by atoms with Crippen LogP contribution in [0.1, 0.15) is 43.5 Å². The Hall–Kier alpha value is -3.36. The zero-order valence-corrected chi connectivity index (χ0v) is 17.6. The molecule has 1 saturated carbocycles. The first-order valence-electron chi connectivity index (χ1n) is 10.4. The zero-order chi connectivity index (χ0) is 21.8. The van der Waals surface area contributed by atoms with Crippen LogP contribution in [0.15, 0.2) is 35.0 Å². The van der Waals surface area contributed by atoms with Crippen LogP contribution in [0, 0.1) is 25.6 Å². The van der Waals surface area contributed by atoms with E-state index in [0.29, 0.717) is 29.2 Å². The quantitative estimate of drug-likeness (QED) is 0.679. The third kappa shape index (κ3) is 3.24. The number of anilines is 1. The summed E-state index contributed by atoms with van der Waals surface area (Å²) in [6, 6.07) is 5.47. The van der Waals surface area contributed by atoms with Gasteiger partial charge in [0.1, 0.15) is 5.54 Å². The number of aryl methyl sites for hydroxylation is 2. The van der Waals surface area contributed by atoms with Crippen LogP contribution < -0.4 is 5.32 Å². The molecule has 2 amide bonds. The van der Waals surface area contributed by atoms with Gasteiger partial charge in [-0.15, -0.1) is 10.2 Å². The first kappa shape index (κ1) is 19.6. The van der Waals surface area contributed by atoms with Gasteiger partial charge >= 0.3 is 6.03 Å². The van der Waals surface area contributed by atoms with Gasteiger partial charge in [-0.3, -0.25) is 0 Å². The number of nitrogens with one attached hydrogen (secondary N) is 1. The number of piperidine rings is 1. The standard InChI is InChI=1S/C22H23FN6O2/c1-12-6-17-9-22(8-12,20-28-27-14(3)31-20)29(17)21(30)26-16-5-4-13(2)18(7-16)19-24-10-15(23)11-25-19/h4-5,7,10-12,17H,6,8-9H2,1-3H3,(H,26,30). The van der Waals surface area contributed by atoms with Crippen LogP contribution in [0.2, 0.25) is 0 Å². The lowest BCUT2D eigenvalue weighted by molar-refractivity contribution is -0.110. The molecular weight excluding hydrogens is 399 g/mol. The molecule has 1 aliphatic heterocycles. The first-order chi connectivity index (χ1) is 14.9. The first-order valence-corrected chi connectivity index (χ1v) is 10.4. The lowest BCUT2D eigenvalue weighted by atomic mass is 9.64. The van der Waals surface area contributed by atoms with Gasteiger partial charge in [-0.1, -0.05) is 13.0 Å². The van der Waals surface area contributed by atoms with E-state index >= 15 is 0 Å². The van der Waals surface area contributed by atoms with Crippen molar-refractivity contribution in [3.05, 3.63) is 53.8 Å². The molecule has 31 heavy (non-hydrogen) atoms. The van der Waals surface area contributed by atoms with E-state index in [-0.39, 0.29) is 12.1 Å². The Morgan fingerprint density at radius 2 is 2.00 bits per heavy atom. The minimum Gasteiger partial charge on any atom is -0.423 e. The van der Waals surface area contributed by atoms with Gasteiger partial charge in [0.15, 0.2) is 11.6 Å². The van der Waals surface area contributed by atoms with E-state index in [2.05, 4.69) is 32.4 Å². The summed E-state index contributed by atoms with van der Waals surface area (Å²) in [5.74, 6) is 1.38. The summed E-state index contributed by atoms with van der Waals surface area (Å²) >= 11 is 0. The lowest BCUT2D eigenvalue weighted by Crippen LogP contribution is -2.70. The molecule has 0 spiro atoms. The Labute approximate surface area is 178 Å². The number of hydrogen-bond acceptors (Lipinski definition) is 6. The second-order valence-electron chi connectivity index (χ2n) is 8.62. The van der Waals surface area contributed by atoms with Crippen LogP contribution >= 0.6 is 0 Å². The largest absolute Gasteiger partial charge is 0.423 e. The van der Waals surface area contributed by atoms with Gasteiger partial charge in [-0.25, -0.2) is 19.2 Å². The Morgan fingerprint density at radius 1 is 1.23 bits per heavy atom. The number of fused-ring (bicyclic) bond motifs is 2. The Bertz CT molecular complexity index is 1150. The summed E-state index contributed by atoms with van der Waals surface area (Å²) in [5.41, 5.74) is 1.73. The number of likely N-dealkylation sites (tertiary alicyclic amines) is 1. The van der Waals surface area contributed by atoms with Crippen molar-refractivity contribution in [2.45, 2.75) is 51.6 Å². The van der Waals surface area contributed by atoms with E-state index in [1.807, 2.05) is 30.0 Å². The highest BCUT2D eigenvalue weighted by Crippen LogP contribution is 2.55. The van der Waals surface area contributed by atoms with Crippen molar-refractivity contribution in [1.29, 1.82) is 0 Å². The van der Waals surface area contributed by atoms with Crippen LogP contribution in [-0.4, -0.2) is 37.1 Å². The van der Waals surface area contributed by atoms with Gasteiger partial charge < -0.3 is 14.6 Å². The van der Waals surface area contributed by atoms with Crippen LogP contribution in [0.4, 0.5) is 14.9 Å². The molecule has 0 radical (unpaired) electrons. The van der Waals surface area contributed by atoms with Crippen molar-refractivity contribution >= 4 is 11.7 Å². The molecule has 2 aromatic heterocycles. The monoisotopic (exact) mass is 422 g/mol. The number of benzene rings is 1. The van der Waals surface area contributed by atoms with Crippen molar-refractivity contribution in [3.63, 3.8) is 0 Å². The minimum atomic E-state index is -0.554. The van der Waals surface area contributed by atoms with Gasteiger partial charge in [0, 0.05) is 30.6 Å². The number of carbonyl (C=O) groups excluding carboxylic acids is 1. The number of carbonyl (C=O) groups is 1. The summed E-state index contributed by atoms with van der Waals surface area (Å²) in [5, 5.41) is 11.2. The maximum absolute atomic E-state index is 13.3. The van der Waals surface area contributed by atoms with Crippen LogP contribution in [0.25, 0.3) is 11.4 Å². The molecule has 1 aliphatic carbocycles. The van der Waals surface area contributed by atoms with Crippen molar-refractivity contribution in [2.24, 2.45) is 5.92 Å². The summed E-state index contributed by atoms with van der Waals surface area (Å²) < 4.78 is 19.0. The number of nitrogens with zero attached hydrogens (tertiary/aromatic N) is 5. The summed E-state index contributed by atoms with van der Waals surface area (Å²) in [6.07, 6.45) is 4.83. The third-order valence-electron chi connectivity index (χ3n) is 6.25. The number of aromatic nitrogens is 4. The summed E-state index contributed by atoms with van der Waals surface area (Å²) in [6.45, 7) is 5.86. The molecule has 160 valence electrons. The number of amides is 2. The minimum absolute atomic E-state index is 0.140. The highest BCUT2D eigenvalue weighted by Gasteiger charge is 2.62. The molecule has 3 heterocycles. The predicted octanol–water partition coefficient (Wildman–Crippen LogP) is 4.21. The molecular formula is C22H23FN6O2. The second-order valence-corrected chi connectivity index (χ2v) is 8.62. The average Bonchev–Trinajstić information content (AvgIpc) is 3.16. The molecule has 1 aromatic carbocycles. The maximum atomic E-state index is 13.3. The van der Waals surface area contributed by atoms with E-state index in [0.717, 1.165) is 42.8 Å².